The number of hydrogen-bond acceptors (Lipinski definition) is 5. The zero-order valence-electron chi connectivity index (χ0n) is 27.0. The number of unbranched alkanes of at least 4 members (excludes halogenated alkanes) is 1. The van der Waals surface area contributed by atoms with Crippen LogP contribution in [0.15, 0.2) is 60.7 Å². The van der Waals surface area contributed by atoms with Crippen LogP contribution in [0.1, 0.15) is 117 Å². The molecular formula is C38H52N2O4. The summed E-state index contributed by atoms with van der Waals surface area (Å²) < 4.78 is 16.9. The highest BCUT2D eigenvalue weighted by molar-refractivity contribution is 5.77. The Morgan fingerprint density at radius 3 is 1.91 bits per heavy atom. The number of amides is 1. The van der Waals surface area contributed by atoms with Gasteiger partial charge in [-0.15, -0.1) is 0 Å². The van der Waals surface area contributed by atoms with E-state index in [1.807, 2.05) is 12.1 Å². The minimum atomic E-state index is -0.182. The van der Waals surface area contributed by atoms with Gasteiger partial charge in [-0.1, -0.05) is 99.0 Å². The zero-order chi connectivity index (χ0) is 31.1. The van der Waals surface area contributed by atoms with Gasteiger partial charge in [0.05, 0.1) is 26.9 Å². The van der Waals surface area contributed by atoms with Crippen LogP contribution < -0.4 is 25.3 Å². The Balaban J connectivity index is 1.35. The van der Waals surface area contributed by atoms with Crippen LogP contribution in [0.3, 0.4) is 0 Å². The van der Waals surface area contributed by atoms with Crippen LogP contribution in [0, 0.1) is 6.92 Å². The lowest BCUT2D eigenvalue weighted by atomic mass is 9.86. The molecule has 6 heteroatoms. The third-order valence-corrected chi connectivity index (χ3v) is 8.91. The Kier molecular flexibility index (Phi) is 13.4. The number of rotatable bonds is 13. The normalized spacial score (nSPS) is 15.3. The quantitative estimate of drug-likeness (QED) is 0.192. The number of aryl methyl sites for hydroxylation is 1. The van der Waals surface area contributed by atoms with Crippen molar-refractivity contribution in [1.29, 1.82) is 0 Å². The highest BCUT2D eigenvalue weighted by Crippen LogP contribution is 2.34. The molecule has 0 heterocycles. The summed E-state index contributed by atoms with van der Waals surface area (Å²) in [5, 5.41) is 3.33. The topological polar surface area (TPSA) is 82.8 Å². The Morgan fingerprint density at radius 1 is 0.818 bits per heavy atom. The third kappa shape index (κ3) is 9.75. The van der Waals surface area contributed by atoms with Crippen molar-refractivity contribution in [3.8, 4) is 17.2 Å². The summed E-state index contributed by atoms with van der Waals surface area (Å²) in [6, 6.07) is 21.0. The molecular weight excluding hydrogens is 548 g/mol. The Hall–Kier alpha value is -3.51. The zero-order valence-corrected chi connectivity index (χ0v) is 27.0. The smallest absolute Gasteiger partial charge is 0.220 e. The molecule has 4 rings (SSSR count). The summed E-state index contributed by atoms with van der Waals surface area (Å²) >= 11 is 0. The van der Waals surface area contributed by atoms with Crippen LogP contribution in [-0.2, 0) is 11.3 Å². The van der Waals surface area contributed by atoms with Crippen molar-refractivity contribution in [3.05, 3.63) is 88.5 Å². The van der Waals surface area contributed by atoms with Gasteiger partial charge in [0.2, 0.25) is 5.91 Å². The average Bonchev–Trinajstić information content (AvgIpc) is 3.06. The lowest BCUT2D eigenvalue weighted by Crippen LogP contribution is -2.29. The molecule has 1 amide bonds. The van der Waals surface area contributed by atoms with Crippen LogP contribution in [0.25, 0.3) is 0 Å². The number of nitrogens with two attached hydrogens (primary N) is 1. The first-order chi connectivity index (χ1) is 21.5. The fraction of sp³-hybridized carbons (Fsp3) is 0.500. The molecule has 6 nitrogen and oxygen atoms in total. The largest absolute Gasteiger partial charge is 0.496 e. The van der Waals surface area contributed by atoms with E-state index in [-0.39, 0.29) is 11.9 Å². The maximum atomic E-state index is 13.2. The Labute approximate surface area is 264 Å². The van der Waals surface area contributed by atoms with E-state index in [4.69, 9.17) is 19.9 Å². The van der Waals surface area contributed by atoms with E-state index >= 15 is 0 Å². The van der Waals surface area contributed by atoms with Gasteiger partial charge in [-0.2, -0.15) is 0 Å². The lowest BCUT2D eigenvalue weighted by molar-refractivity contribution is -0.121. The van der Waals surface area contributed by atoms with E-state index in [2.05, 4.69) is 60.8 Å². The molecule has 1 aliphatic rings. The summed E-state index contributed by atoms with van der Waals surface area (Å²) in [6.07, 6.45) is 14.0. The van der Waals surface area contributed by atoms with Gasteiger partial charge in [-0.25, -0.2) is 0 Å². The summed E-state index contributed by atoms with van der Waals surface area (Å²) in [5.74, 6) is 2.63. The first kappa shape index (κ1) is 33.4. The average molecular weight is 601 g/mol. The van der Waals surface area contributed by atoms with Crippen LogP contribution in [0.4, 0.5) is 0 Å². The maximum Gasteiger partial charge on any atom is 0.220 e. The molecule has 0 aliphatic heterocycles. The molecule has 3 aromatic rings. The number of ether oxygens (including phenoxy) is 3. The SMILES string of the molecule is COc1cc(OCCCCC(=O)NC(c2ccc(C)cc2)c2ccc(C3CCCCCCCCC3)cc2)cc(OC)c1CN. The summed E-state index contributed by atoms with van der Waals surface area (Å²) in [7, 11) is 3.21. The highest BCUT2D eigenvalue weighted by atomic mass is 16.5. The summed E-state index contributed by atoms with van der Waals surface area (Å²) in [6.45, 7) is 2.90. The van der Waals surface area contributed by atoms with Crippen LogP contribution >= 0.6 is 0 Å². The monoisotopic (exact) mass is 600 g/mol. The van der Waals surface area contributed by atoms with Crippen LogP contribution in [-0.4, -0.2) is 26.7 Å². The summed E-state index contributed by atoms with van der Waals surface area (Å²) in [5.41, 5.74) is 11.5. The molecule has 0 spiro atoms. The molecule has 1 unspecified atom stereocenters. The molecule has 3 N–H and O–H groups in total. The van der Waals surface area contributed by atoms with Crippen LogP contribution in [0.2, 0.25) is 0 Å². The lowest BCUT2D eigenvalue weighted by Gasteiger charge is -2.23. The van der Waals surface area contributed by atoms with Crippen molar-refractivity contribution in [3.63, 3.8) is 0 Å². The fourth-order valence-corrected chi connectivity index (χ4v) is 6.28. The van der Waals surface area contributed by atoms with Gasteiger partial charge in [-0.3, -0.25) is 4.79 Å². The predicted octanol–water partition coefficient (Wildman–Crippen LogP) is 8.53. The maximum absolute atomic E-state index is 13.2. The molecule has 0 saturated heterocycles. The second kappa shape index (κ2) is 17.7. The molecule has 44 heavy (non-hydrogen) atoms. The molecule has 1 aliphatic carbocycles. The van der Waals surface area contributed by atoms with Crippen molar-refractivity contribution in [2.45, 2.75) is 102 Å². The molecule has 1 atom stereocenters. The molecule has 1 saturated carbocycles. The number of hydrogen-bond donors (Lipinski definition) is 2. The molecule has 0 bridgehead atoms. The number of benzene rings is 3. The van der Waals surface area contributed by atoms with Gasteiger partial charge in [0.1, 0.15) is 17.2 Å². The molecule has 3 aromatic carbocycles. The number of nitrogens with one attached hydrogen (secondary N) is 1. The van der Waals surface area contributed by atoms with E-state index in [1.165, 1.54) is 68.9 Å². The molecule has 238 valence electrons. The van der Waals surface area contributed by atoms with Crippen molar-refractivity contribution in [2.24, 2.45) is 5.73 Å². The van der Waals surface area contributed by atoms with E-state index in [9.17, 15) is 4.79 Å². The van der Waals surface area contributed by atoms with E-state index in [1.54, 1.807) is 14.2 Å². The van der Waals surface area contributed by atoms with Gasteiger partial charge in [0.25, 0.3) is 0 Å². The molecule has 1 fully saturated rings. The Morgan fingerprint density at radius 2 is 1.36 bits per heavy atom. The van der Waals surface area contributed by atoms with Crippen molar-refractivity contribution in [1.82, 2.24) is 5.32 Å². The van der Waals surface area contributed by atoms with E-state index < -0.39 is 0 Å². The van der Waals surface area contributed by atoms with Crippen LogP contribution in [0.5, 0.6) is 17.2 Å². The van der Waals surface area contributed by atoms with Gasteiger partial charge in [0.15, 0.2) is 0 Å². The van der Waals surface area contributed by atoms with E-state index in [0.717, 1.165) is 29.5 Å². The number of carbonyl (C=O) groups is 1. The number of carbonyl (C=O) groups excluding carboxylic acids is 1. The first-order valence-electron chi connectivity index (χ1n) is 16.6. The summed E-state index contributed by atoms with van der Waals surface area (Å²) in [4.78, 5) is 13.2. The minimum absolute atomic E-state index is 0.0441. The highest BCUT2D eigenvalue weighted by Gasteiger charge is 2.19. The molecule has 0 radical (unpaired) electrons. The van der Waals surface area contributed by atoms with Crippen molar-refractivity contribution < 1.29 is 19.0 Å². The standard InChI is InChI=1S/C38H52N2O4/c1-28-16-18-31(19-17-28)38(32-22-20-30(21-23-32)29-13-9-7-5-4-6-8-10-14-29)40-37(41)15-11-12-24-44-33-25-35(42-2)34(27-39)36(26-33)43-3/h16-23,25-26,29,38H,4-15,24,27,39H2,1-3H3,(H,40,41). The Bertz CT molecular complexity index is 1250. The first-order valence-corrected chi connectivity index (χ1v) is 16.6. The van der Waals surface area contributed by atoms with Gasteiger partial charge < -0.3 is 25.3 Å². The van der Waals surface area contributed by atoms with Gasteiger partial charge in [-0.05, 0) is 55.2 Å². The fourth-order valence-electron chi connectivity index (χ4n) is 6.28. The third-order valence-electron chi connectivity index (χ3n) is 8.91. The van der Waals surface area contributed by atoms with Gasteiger partial charge >= 0.3 is 0 Å². The second-order valence-electron chi connectivity index (χ2n) is 12.1. The van der Waals surface area contributed by atoms with Crippen molar-refractivity contribution >= 4 is 5.91 Å². The second-order valence-corrected chi connectivity index (χ2v) is 12.1. The minimum Gasteiger partial charge on any atom is -0.496 e. The van der Waals surface area contributed by atoms with E-state index in [0.29, 0.717) is 42.7 Å². The van der Waals surface area contributed by atoms with Crippen molar-refractivity contribution in [2.75, 3.05) is 20.8 Å². The molecule has 0 aromatic heterocycles. The van der Waals surface area contributed by atoms with Gasteiger partial charge in [0, 0.05) is 30.7 Å². The number of methoxy groups -OCH3 is 2. The predicted molar refractivity (Wildman–Crippen MR) is 179 cm³/mol.